The number of nitro groups is 1. The first kappa shape index (κ1) is 21.3. The normalized spacial score (nSPS) is 13.7. The molecule has 1 N–H and O–H groups in total. The summed E-state index contributed by atoms with van der Waals surface area (Å²) in [6.45, 7) is 2.56. The molecular weight excluding hydrogens is 442 g/mol. The number of fused-ring (bicyclic) bond motifs is 1. The predicted molar refractivity (Wildman–Crippen MR) is 119 cm³/mol. The first-order chi connectivity index (χ1) is 15.0. The van der Waals surface area contributed by atoms with E-state index in [9.17, 15) is 14.9 Å². The molecule has 0 spiro atoms. The van der Waals surface area contributed by atoms with Gasteiger partial charge < -0.3 is 10.2 Å². The van der Waals surface area contributed by atoms with Gasteiger partial charge in [-0.15, -0.1) is 0 Å². The van der Waals surface area contributed by atoms with Crippen molar-refractivity contribution in [2.24, 2.45) is 0 Å². The third kappa shape index (κ3) is 4.42. The van der Waals surface area contributed by atoms with Crippen LogP contribution < -0.4 is 10.2 Å². The zero-order valence-corrected chi connectivity index (χ0v) is 18.3. The molecule has 0 bridgehead atoms. The minimum atomic E-state index is -0.566. The highest BCUT2D eigenvalue weighted by Crippen LogP contribution is 2.28. The summed E-state index contributed by atoms with van der Waals surface area (Å²) in [5, 5.41) is 19.8. The lowest BCUT2D eigenvalue weighted by Crippen LogP contribution is -2.28. The lowest BCUT2D eigenvalue weighted by Gasteiger charge is -2.17. The number of amides is 1. The molecule has 0 unspecified atom stereocenters. The van der Waals surface area contributed by atoms with Crippen LogP contribution in [0.25, 0.3) is 11.0 Å². The van der Waals surface area contributed by atoms with Crippen molar-refractivity contribution in [2.75, 3.05) is 30.8 Å². The van der Waals surface area contributed by atoms with Gasteiger partial charge in [0.15, 0.2) is 10.8 Å². The van der Waals surface area contributed by atoms with E-state index in [1.165, 1.54) is 30.0 Å². The van der Waals surface area contributed by atoms with E-state index in [1.807, 2.05) is 6.26 Å². The van der Waals surface area contributed by atoms with Crippen molar-refractivity contribution >= 4 is 51.8 Å². The van der Waals surface area contributed by atoms with Crippen LogP contribution >= 0.6 is 23.4 Å². The third-order valence-corrected chi connectivity index (χ3v) is 5.94. The second-order valence-corrected chi connectivity index (χ2v) is 8.19. The van der Waals surface area contributed by atoms with Crippen LogP contribution in [0.1, 0.15) is 23.2 Å². The van der Waals surface area contributed by atoms with Crippen molar-refractivity contribution in [1.29, 1.82) is 0 Å². The van der Waals surface area contributed by atoms with E-state index in [4.69, 9.17) is 11.6 Å². The summed E-state index contributed by atoms with van der Waals surface area (Å²) in [5.41, 5.74) is 0.580. The van der Waals surface area contributed by atoms with Crippen molar-refractivity contribution in [3.63, 3.8) is 0 Å². The van der Waals surface area contributed by atoms with Gasteiger partial charge in [0, 0.05) is 31.8 Å². The van der Waals surface area contributed by atoms with Crippen LogP contribution in [0.2, 0.25) is 5.02 Å². The molecule has 3 aromatic rings. The van der Waals surface area contributed by atoms with E-state index in [0.29, 0.717) is 17.3 Å². The molecule has 12 heteroatoms. The number of non-ortho nitro benzene ring substituents is 1. The van der Waals surface area contributed by atoms with E-state index < -0.39 is 10.8 Å². The first-order valence-corrected chi connectivity index (χ1v) is 11.3. The van der Waals surface area contributed by atoms with E-state index in [1.54, 1.807) is 10.9 Å². The standard InChI is InChI=1S/C19H20ClN7O3S/c1-31-19-23-16(25-7-2-3-8-25)14-11-22-26(17(14)24-19)9-6-21-18(28)13-10-12(27(29)30)4-5-15(13)20/h4-5,10-11H,2-3,6-9H2,1H3,(H,21,28). The van der Waals surface area contributed by atoms with Gasteiger partial charge in [0.1, 0.15) is 5.82 Å². The molecule has 1 saturated heterocycles. The Labute approximate surface area is 187 Å². The van der Waals surface area contributed by atoms with Gasteiger partial charge in [0.2, 0.25) is 0 Å². The molecule has 0 saturated carbocycles. The summed E-state index contributed by atoms with van der Waals surface area (Å²) in [6, 6.07) is 3.77. The number of rotatable bonds is 7. The number of hydrogen-bond donors (Lipinski definition) is 1. The van der Waals surface area contributed by atoms with Crippen molar-refractivity contribution in [1.82, 2.24) is 25.1 Å². The minimum absolute atomic E-state index is 0.0597. The second kappa shape index (κ2) is 9.06. The molecule has 2 aromatic heterocycles. The molecule has 0 radical (unpaired) electrons. The van der Waals surface area contributed by atoms with E-state index >= 15 is 0 Å². The highest BCUT2D eigenvalue weighted by molar-refractivity contribution is 7.98. The fourth-order valence-electron chi connectivity index (χ4n) is 3.52. The Hall–Kier alpha value is -2.92. The summed E-state index contributed by atoms with van der Waals surface area (Å²) in [7, 11) is 0. The number of carbonyl (C=O) groups excluding carboxylic acids is 1. The number of halogens is 1. The summed E-state index contributed by atoms with van der Waals surface area (Å²) in [6.07, 6.45) is 5.96. The molecule has 1 aromatic carbocycles. The van der Waals surface area contributed by atoms with E-state index in [0.717, 1.165) is 37.1 Å². The van der Waals surface area contributed by atoms with E-state index in [2.05, 4.69) is 25.3 Å². The van der Waals surface area contributed by atoms with Crippen LogP contribution in [-0.2, 0) is 6.54 Å². The van der Waals surface area contributed by atoms with Crippen LogP contribution in [0.4, 0.5) is 11.5 Å². The van der Waals surface area contributed by atoms with E-state index in [-0.39, 0.29) is 22.8 Å². The van der Waals surface area contributed by atoms with Gasteiger partial charge in [0.25, 0.3) is 11.6 Å². The molecule has 3 heterocycles. The zero-order valence-electron chi connectivity index (χ0n) is 16.7. The number of thioether (sulfide) groups is 1. The van der Waals surface area contributed by atoms with Gasteiger partial charge in [-0.2, -0.15) is 5.10 Å². The van der Waals surface area contributed by atoms with Gasteiger partial charge in [-0.3, -0.25) is 14.9 Å². The molecule has 0 aliphatic carbocycles. The molecule has 4 rings (SSSR count). The number of nitro benzene ring substituents is 1. The molecular formula is C19H20ClN7O3S. The van der Waals surface area contributed by atoms with Crippen molar-refractivity contribution in [3.05, 3.63) is 45.1 Å². The Bertz CT molecular complexity index is 1150. The number of carbonyl (C=O) groups is 1. The Balaban J connectivity index is 1.51. The van der Waals surface area contributed by atoms with Crippen LogP contribution in [0, 0.1) is 10.1 Å². The summed E-state index contributed by atoms with van der Waals surface area (Å²) >= 11 is 7.51. The van der Waals surface area contributed by atoms with Gasteiger partial charge in [-0.05, 0) is 25.2 Å². The number of anilines is 1. The summed E-state index contributed by atoms with van der Waals surface area (Å²) in [5.74, 6) is 0.410. The first-order valence-electron chi connectivity index (χ1n) is 9.72. The molecule has 1 fully saturated rings. The minimum Gasteiger partial charge on any atom is -0.356 e. The van der Waals surface area contributed by atoms with Crippen LogP contribution in [0.3, 0.4) is 0 Å². The summed E-state index contributed by atoms with van der Waals surface area (Å²) in [4.78, 5) is 34.4. The van der Waals surface area contributed by atoms with Crippen molar-refractivity contribution in [2.45, 2.75) is 24.5 Å². The number of aromatic nitrogens is 4. The molecule has 1 aliphatic heterocycles. The molecule has 162 valence electrons. The lowest BCUT2D eigenvalue weighted by atomic mass is 10.2. The van der Waals surface area contributed by atoms with Crippen molar-refractivity contribution in [3.8, 4) is 0 Å². The Morgan fingerprint density at radius 1 is 1.32 bits per heavy atom. The quantitative estimate of drug-likeness (QED) is 0.246. The average Bonchev–Trinajstić information content (AvgIpc) is 3.43. The topological polar surface area (TPSA) is 119 Å². The number of nitrogens with one attached hydrogen (secondary N) is 1. The second-order valence-electron chi connectivity index (χ2n) is 7.01. The lowest BCUT2D eigenvalue weighted by molar-refractivity contribution is -0.384. The predicted octanol–water partition coefficient (Wildman–Crippen LogP) is 3.14. The zero-order chi connectivity index (χ0) is 22.0. The van der Waals surface area contributed by atoms with Gasteiger partial charge in [0.05, 0.1) is 33.6 Å². The maximum Gasteiger partial charge on any atom is 0.270 e. The largest absolute Gasteiger partial charge is 0.356 e. The van der Waals surface area contributed by atoms with Crippen LogP contribution in [-0.4, -0.2) is 56.5 Å². The maximum atomic E-state index is 12.5. The molecule has 0 atom stereocenters. The number of benzene rings is 1. The highest BCUT2D eigenvalue weighted by atomic mass is 35.5. The molecule has 31 heavy (non-hydrogen) atoms. The van der Waals surface area contributed by atoms with Crippen LogP contribution in [0.15, 0.2) is 29.6 Å². The Morgan fingerprint density at radius 3 is 2.81 bits per heavy atom. The molecule has 1 amide bonds. The van der Waals surface area contributed by atoms with Gasteiger partial charge >= 0.3 is 0 Å². The van der Waals surface area contributed by atoms with Gasteiger partial charge in [-0.1, -0.05) is 23.4 Å². The SMILES string of the molecule is CSc1nc(N2CCCC2)c2cnn(CCNC(=O)c3cc([N+](=O)[O-])ccc3Cl)c2n1. The molecule has 1 aliphatic rings. The maximum absolute atomic E-state index is 12.5. The Kier molecular flexibility index (Phi) is 6.23. The fourth-order valence-corrected chi connectivity index (χ4v) is 4.08. The van der Waals surface area contributed by atoms with Crippen molar-refractivity contribution < 1.29 is 9.72 Å². The molecule has 10 nitrogen and oxygen atoms in total. The van der Waals surface area contributed by atoms with Gasteiger partial charge in [-0.25, -0.2) is 14.6 Å². The average molecular weight is 462 g/mol. The number of hydrogen-bond acceptors (Lipinski definition) is 8. The third-order valence-electron chi connectivity index (χ3n) is 5.06. The Morgan fingerprint density at radius 2 is 2.10 bits per heavy atom. The highest BCUT2D eigenvalue weighted by Gasteiger charge is 2.21. The smallest absolute Gasteiger partial charge is 0.270 e. The summed E-state index contributed by atoms with van der Waals surface area (Å²) < 4.78 is 1.73. The number of nitrogens with zero attached hydrogens (tertiary/aromatic N) is 6. The van der Waals surface area contributed by atoms with Crippen LogP contribution in [0.5, 0.6) is 0 Å². The fraction of sp³-hybridized carbons (Fsp3) is 0.368. The monoisotopic (exact) mass is 461 g/mol.